The minimum atomic E-state index is -0.143. The van der Waals surface area contributed by atoms with Crippen molar-refractivity contribution in [3.8, 4) is 5.75 Å². The van der Waals surface area contributed by atoms with Crippen LogP contribution in [0.15, 0.2) is 18.2 Å². The second-order valence-electron chi connectivity index (χ2n) is 5.27. The lowest BCUT2D eigenvalue weighted by Crippen LogP contribution is -2.40. The van der Waals surface area contributed by atoms with Crippen LogP contribution in [0.4, 0.5) is 5.69 Å². The Morgan fingerprint density at radius 2 is 2.30 bits per heavy atom. The van der Waals surface area contributed by atoms with Gasteiger partial charge in [-0.3, -0.25) is 4.79 Å². The molecule has 0 aromatic heterocycles. The van der Waals surface area contributed by atoms with Crippen molar-refractivity contribution in [2.45, 2.75) is 25.3 Å². The molecule has 3 N–H and O–H groups in total. The van der Waals surface area contributed by atoms with E-state index in [1.54, 1.807) is 25.2 Å². The van der Waals surface area contributed by atoms with E-state index >= 15 is 0 Å². The maximum Gasteiger partial charge on any atom is 0.251 e. The lowest BCUT2D eigenvalue weighted by atomic mass is 10.0. The third-order valence-corrected chi connectivity index (χ3v) is 3.85. The number of likely N-dealkylation sites (N-methyl/N-ethyl adjacent to an activating group) is 1. The molecule has 1 fully saturated rings. The first-order valence-electron chi connectivity index (χ1n) is 7.06. The van der Waals surface area contributed by atoms with Crippen LogP contribution in [0.1, 0.15) is 29.6 Å². The fourth-order valence-electron chi connectivity index (χ4n) is 2.51. The van der Waals surface area contributed by atoms with Crippen molar-refractivity contribution in [2.75, 3.05) is 33.0 Å². The number of nitrogens with two attached hydrogens (primary N) is 1. The Balaban J connectivity index is 1.97. The van der Waals surface area contributed by atoms with Gasteiger partial charge >= 0.3 is 0 Å². The number of amides is 1. The highest BCUT2D eigenvalue weighted by Crippen LogP contribution is 2.24. The van der Waals surface area contributed by atoms with Crippen LogP contribution in [0.5, 0.6) is 5.75 Å². The van der Waals surface area contributed by atoms with Gasteiger partial charge in [-0.1, -0.05) is 6.42 Å². The quantitative estimate of drug-likeness (QED) is 0.818. The van der Waals surface area contributed by atoms with Crippen molar-refractivity contribution in [2.24, 2.45) is 0 Å². The smallest absolute Gasteiger partial charge is 0.251 e. The predicted molar refractivity (Wildman–Crippen MR) is 80.0 cm³/mol. The molecule has 1 aliphatic rings. The van der Waals surface area contributed by atoms with E-state index in [0.29, 0.717) is 29.6 Å². The average molecular weight is 277 g/mol. The average Bonchev–Trinajstić information content (AvgIpc) is 2.46. The normalized spacial score (nSPS) is 19.6. The zero-order valence-corrected chi connectivity index (χ0v) is 12.2. The van der Waals surface area contributed by atoms with Crippen molar-refractivity contribution in [1.82, 2.24) is 10.2 Å². The minimum absolute atomic E-state index is 0.143. The van der Waals surface area contributed by atoms with Gasteiger partial charge in [0.25, 0.3) is 5.91 Å². The summed E-state index contributed by atoms with van der Waals surface area (Å²) in [7, 11) is 3.73. The summed E-state index contributed by atoms with van der Waals surface area (Å²) in [5.41, 5.74) is 7.00. The summed E-state index contributed by atoms with van der Waals surface area (Å²) in [6.07, 6.45) is 3.67. The van der Waals surface area contributed by atoms with Gasteiger partial charge in [0.15, 0.2) is 0 Å². The summed E-state index contributed by atoms with van der Waals surface area (Å²) >= 11 is 0. The van der Waals surface area contributed by atoms with Crippen LogP contribution >= 0.6 is 0 Å². The van der Waals surface area contributed by atoms with Crippen molar-refractivity contribution in [1.29, 1.82) is 0 Å². The van der Waals surface area contributed by atoms with Gasteiger partial charge in [-0.15, -0.1) is 0 Å². The van der Waals surface area contributed by atoms with E-state index in [9.17, 15) is 4.79 Å². The zero-order valence-electron chi connectivity index (χ0n) is 12.2. The second-order valence-corrected chi connectivity index (χ2v) is 5.27. The maximum absolute atomic E-state index is 11.5. The van der Waals surface area contributed by atoms with E-state index in [1.807, 2.05) is 0 Å². The fraction of sp³-hybridized carbons (Fsp3) is 0.533. The lowest BCUT2D eigenvalue weighted by molar-refractivity contribution is 0.0963. The van der Waals surface area contributed by atoms with Crippen molar-refractivity contribution in [3.05, 3.63) is 23.8 Å². The maximum atomic E-state index is 11.5. The van der Waals surface area contributed by atoms with Crippen LogP contribution in [0.25, 0.3) is 0 Å². The van der Waals surface area contributed by atoms with Crippen LogP contribution < -0.4 is 15.8 Å². The number of carbonyl (C=O) groups excluding carboxylic acids is 1. The minimum Gasteiger partial charge on any atom is -0.490 e. The monoisotopic (exact) mass is 277 g/mol. The van der Waals surface area contributed by atoms with Gasteiger partial charge in [-0.05, 0) is 44.6 Å². The summed E-state index contributed by atoms with van der Waals surface area (Å²) in [5, 5.41) is 2.58. The standard InChI is InChI=1S/C15H23N3O2/c1-17-15(19)11-6-7-14(13(16)9-11)20-10-12-5-3-4-8-18(12)2/h6-7,9,12H,3-5,8,10,16H2,1-2H3,(H,17,19). The summed E-state index contributed by atoms with van der Waals surface area (Å²) in [6, 6.07) is 5.60. The number of likely N-dealkylation sites (tertiary alicyclic amines) is 1. The second kappa shape index (κ2) is 6.61. The van der Waals surface area contributed by atoms with E-state index in [2.05, 4.69) is 17.3 Å². The molecule has 1 atom stereocenters. The van der Waals surface area contributed by atoms with Crippen LogP contribution in [-0.4, -0.2) is 44.1 Å². The molecule has 1 aromatic rings. The molecule has 2 rings (SSSR count). The number of ether oxygens (including phenoxy) is 1. The van der Waals surface area contributed by atoms with E-state index in [1.165, 1.54) is 12.8 Å². The molecular formula is C15H23N3O2. The largest absolute Gasteiger partial charge is 0.490 e. The molecule has 1 amide bonds. The van der Waals surface area contributed by atoms with E-state index < -0.39 is 0 Å². The summed E-state index contributed by atoms with van der Waals surface area (Å²) in [5.74, 6) is 0.506. The van der Waals surface area contributed by atoms with Gasteiger partial charge < -0.3 is 20.7 Å². The van der Waals surface area contributed by atoms with Gasteiger partial charge in [0, 0.05) is 18.7 Å². The van der Waals surface area contributed by atoms with Crippen LogP contribution in [-0.2, 0) is 0 Å². The number of nitrogen functional groups attached to an aromatic ring is 1. The van der Waals surface area contributed by atoms with Crippen molar-refractivity contribution < 1.29 is 9.53 Å². The molecule has 5 nitrogen and oxygen atoms in total. The van der Waals surface area contributed by atoms with E-state index in [0.717, 1.165) is 13.0 Å². The number of carbonyl (C=O) groups is 1. The SMILES string of the molecule is CNC(=O)c1ccc(OCC2CCCCN2C)c(N)c1. The number of benzene rings is 1. The molecule has 1 unspecified atom stereocenters. The van der Waals surface area contributed by atoms with Crippen molar-refractivity contribution in [3.63, 3.8) is 0 Å². The molecule has 0 radical (unpaired) electrons. The number of rotatable bonds is 4. The first-order valence-corrected chi connectivity index (χ1v) is 7.06. The molecule has 0 aliphatic carbocycles. The Morgan fingerprint density at radius 3 is 2.95 bits per heavy atom. The molecule has 1 aliphatic heterocycles. The predicted octanol–water partition coefficient (Wildman–Crippen LogP) is 1.49. The molecule has 1 aromatic carbocycles. The van der Waals surface area contributed by atoms with Crippen molar-refractivity contribution >= 4 is 11.6 Å². The Bertz CT molecular complexity index is 476. The number of nitrogens with one attached hydrogen (secondary N) is 1. The van der Waals surface area contributed by atoms with E-state index in [4.69, 9.17) is 10.5 Å². The fourth-order valence-corrected chi connectivity index (χ4v) is 2.51. The highest BCUT2D eigenvalue weighted by Gasteiger charge is 2.19. The summed E-state index contributed by atoms with van der Waals surface area (Å²) in [4.78, 5) is 13.8. The number of nitrogens with zero attached hydrogens (tertiary/aromatic N) is 1. The molecule has 0 spiro atoms. The van der Waals surface area contributed by atoms with Gasteiger partial charge in [-0.2, -0.15) is 0 Å². The summed E-state index contributed by atoms with van der Waals surface area (Å²) < 4.78 is 5.82. The Kier molecular flexibility index (Phi) is 4.84. The van der Waals surface area contributed by atoms with Gasteiger partial charge in [0.05, 0.1) is 5.69 Å². The molecular weight excluding hydrogens is 254 g/mol. The number of anilines is 1. The van der Waals surface area contributed by atoms with Crippen LogP contribution in [0.2, 0.25) is 0 Å². The number of hydrogen-bond acceptors (Lipinski definition) is 4. The zero-order chi connectivity index (χ0) is 14.5. The molecule has 20 heavy (non-hydrogen) atoms. The molecule has 1 heterocycles. The third kappa shape index (κ3) is 3.42. The number of hydrogen-bond donors (Lipinski definition) is 2. The van der Waals surface area contributed by atoms with E-state index in [-0.39, 0.29) is 5.91 Å². The highest BCUT2D eigenvalue weighted by atomic mass is 16.5. The third-order valence-electron chi connectivity index (χ3n) is 3.85. The van der Waals surface area contributed by atoms with Gasteiger partial charge in [-0.25, -0.2) is 0 Å². The first kappa shape index (κ1) is 14.7. The Morgan fingerprint density at radius 1 is 1.50 bits per heavy atom. The molecule has 0 saturated carbocycles. The van der Waals surface area contributed by atoms with Crippen LogP contribution in [0, 0.1) is 0 Å². The first-order chi connectivity index (χ1) is 9.61. The Hall–Kier alpha value is -1.75. The Labute approximate surface area is 120 Å². The number of piperidine rings is 1. The lowest BCUT2D eigenvalue weighted by Gasteiger charge is -2.32. The highest BCUT2D eigenvalue weighted by molar-refractivity contribution is 5.95. The topological polar surface area (TPSA) is 67.6 Å². The molecule has 1 saturated heterocycles. The molecule has 0 bridgehead atoms. The molecule has 110 valence electrons. The van der Waals surface area contributed by atoms with Gasteiger partial charge in [0.2, 0.25) is 0 Å². The molecule has 5 heteroatoms. The van der Waals surface area contributed by atoms with Gasteiger partial charge in [0.1, 0.15) is 12.4 Å². The van der Waals surface area contributed by atoms with Crippen LogP contribution in [0.3, 0.4) is 0 Å². The summed E-state index contributed by atoms with van der Waals surface area (Å²) in [6.45, 7) is 1.76.